The fourth-order valence-electron chi connectivity index (χ4n) is 1.85. The monoisotopic (exact) mass is 170 g/mol. The minimum Gasteiger partial charge on any atom is -0.392 e. The van der Waals surface area contributed by atoms with E-state index in [-0.39, 0.29) is 6.10 Å². The summed E-state index contributed by atoms with van der Waals surface area (Å²) in [5.41, 5.74) is 0. The third kappa shape index (κ3) is 1.97. The summed E-state index contributed by atoms with van der Waals surface area (Å²) >= 11 is 0. The molecule has 0 aromatic carbocycles. The summed E-state index contributed by atoms with van der Waals surface area (Å²) in [6.07, 6.45) is 2.12. The van der Waals surface area contributed by atoms with Crippen LogP contribution in [-0.2, 0) is 0 Å². The maximum absolute atomic E-state index is 9.24. The largest absolute Gasteiger partial charge is 0.392 e. The molecule has 0 bridgehead atoms. The summed E-state index contributed by atoms with van der Waals surface area (Å²) in [6, 6.07) is 1.25. The van der Waals surface area contributed by atoms with Crippen molar-refractivity contribution in [1.29, 1.82) is 0 Å². The van der Waals surface area contributed by atoms with Crippen molar-refractivity contribution in [3.8, 4) is 0 Å². The van der Waals surface area contributed by atoms with Gasteiger partial charge < -0.3 is 15.7 Å². The van der Waals surface area contributed by atoms with Gasteiger partial charge in [0.15, 0.2) is 0 Å². The van der Waals surface area contributed by atoms with E-state index in [9.17, 15) is 5.11 Å². The molecule has 1 heterocycles. The third-order valence-corrected chi connectivity index (χ3v) is 2.93. The van der Waals surface area contributed by atoms with E-state index in [0.717, 1.165) is 31.5 Å². The van der Waals surface area contributed by atoms with Gasteiger partial charge in [0.25, 0.3) is 0 Å². The molecule has 4 atom stereocenters. The van der Waals surface area contributed by atoms with Gasteiger partial charge in [0.05, 0.1) is 6.10 Å². The zero-order valence-electron chi connectivity index (χ0n) is 7.59. The summed E-state index contributed by atoms with van der Waals surface area (Å²) in [5.74, 6) is 0.872. The maximum atomic E-state index is 9.24. The lowest BCUT2D eigenvalue weighted by molar-refractivity contribution is 0.193. The molecule has 2 aliphatic rings. The van der Waals surface area contributed by atoms with Crippen LogP contribution in [0.15, 0.2) is 0 Å². The zero-order chi connectivity index (χ0) is 8.55. The molecule has 4 unspecified atom stereocenters. The third-order valence-electron chi connectivity index (χ3n) is 2.93. The summed E-state index contributed by atoms with van der Waals surface area (Å²) in [5, 5.41) is 16.0. The Kier molecular flexibility index (Phi) is 2.35. The highest BCUT2D eigenvalue weighted by Gasteiger charge is 2.33. The average molecular weight is 170 g/mol. The van der Waals surface area contributed by atoms with Crippen molar-refractivity contribution in [2.45, 2.75) is 38.0 Å². The number of aliphatic hydroxyl groups excluding tert-OH is 1. The Morgan fingerprint density at radius 2 is 2.25 bits per heavy atom. The molecule has 0 radical (unpaired) electrons. The van der Waals surface area contributed by atoms with Gasteiger partial charge in [-0.2, -0.15) is 0 Å². The molecule has 3 heteroatoms. The second-order valence-corrected chi connectivity index (χ2v) is 4.22. The summed E-state index contributed by atoms with van der Waals surface area (Å²) in [4.78, 5) is 0. The van der Waals surface area contributed by atoms with Crippen LogP contribution < -0.4 is 10.6 Å². The fraction of sp³-hybridized carbons (Fsp3) is 1.00. The number of nitrogens with one attached hydrogen (secondary N) is 2. The van der Waals surface area contributed by atoms with Crippen molar-refractivity contribution in [3.63, 3.8) is 0 Å². The molecule has 70 valence electrons. The minimum absolute atomic E-state index is 0.117. The Morgan fingerprint density at radius 3 is 2.75 bits per heavy atom. The second-order valence-electron chi connectivity index (χ2n) is 4.22. The van der Waals surface area contributed by atoms with Crippen LogP contribution in [0.1, 0.15) is 19.8 Å². The molecule has 0 aromatic rings. The van der Waals surface area contributed by atoms with Crippen LogP contribution in [0.3, 0.4) is 0 Å². The number of aliphatic hydroxyl groups is 1. The number of hydrogen-bond acceptors (Lipinski definition) is 3. The molecule has 3 nitrogen and oxygen atoms in total. The van der Waals surface area contributed by atoms with Crippen LogP contribution in [0, 0.1) is 5.92 Å². The van der Waals surface area contributed by atoms with Crippen molar-refractivity contribution in [2.75, 3.05) is 13.1 Å². The fourth-order valence-corrected chi connectivity index (χ4v) is 1.85. The number of hydrogen-bond donors (Lipinski definition) is 3. The molecule has 1 saturated heterocycles. The topological polar surface area (TPSA) is 44.3 Å². The normalized spacial score (nSPS) is 46.5. The Labute approximate surface area is 73.5 Å². The molecule has 2 fully saturated rings. The van der Waals surface area contributed by atoms with Gasteiger partial charge in [-0.25, -0.2) is 0 Å². The average Bonchev–Trinajstić information content (AvgIpc) is 2.56. The van der Waals surface area contributed by atoms with Crippen LogP contribution in [-0.4, -0.2) is 36.4 Å². The lowest BCUT2D eigenvalue weighted by atomic mass is 10.2. The molecule has 1 aliphatic heterocycles. The maximum Gasteiger partial charge on any atom is 0.0680 e. The lowest BCUT2D eigenvalue weighted by Crippen LogP contribution is -2.35. The Bertz CT molecular complexity index is 163. The van der Waals surface area contributed by atoms with Gasteiger partial charge >= 0.3 is 0 Å². The quantitative estimate of drug-likeness (QED) is 0.545. The molecular weight excluding hydrogens is 152 g/mol. The minimum atomic E-state index is -0.117. The molecule has 1 aliphatic carbocycles. The highest BCUT2D eigenvalue weighted by molar-refractivity contribution is 4.92. The van der Waals surface area contributed by atoms with E-state index in [4.69, 9.17) is 0 Å². The first-order valence-electron chi connectivity index (χ1n) is 4.90. The van der Waals surface area contributed by atoms with E-state index in [2.05, 4.69) is 17.6 Å². The molecular formula is C9H18N2O. The van der Waals surface area contributed by atoms with E-state index < -0.39 is 0 Å². The zero-order valence-corrected chi connectivity index (χ0v) is 7.59. The molecule has 0 aromatic heterocycles. The molecule has 2 rings (SSSR count). The van der Waals surface area contributed by atoms with E-state index in [1.165, 1.54) is 6.42 Å². The molecule has 0 amide bonds. The van der Waals surface area contributed by atoms with E-state index in [1.807, 2.05) is 0 Å². The summed E-state index contributed by atoms with van der Waals surface area (Å²) < 4.78 is 0. The predicted molar refractivity (Wildman–Crippen MR) is 48.0 cm³/mol. The lowest BCUT2D eigenvalue weighted by Gasteiger charge is -2.10. The van der Waals surface area contributed by atoms with Crippen molar-refractivity contribution in [2.24, 2.45) is 5.92 Å². The van der Waals surface area contributed by atoms with Crippen molar-refractivity contribution < 1.29 is 5.11 Å². The van der Waals surface area contributed by atoms with Gasteiger partial charge in [-0.05, 0) is 18.8 Å². The SMILES string of the molecule is CC1CC1NCC1CC(O)CN1. The van der Waals surface area contributed by atoms with Gasteiger partial charge in [-0.1, -0.05) is 6.92 Å². The van der Waals surface area contributed by atoms with Crippen molar-refractivity contribution in [1.82, 2.24) is 10.6 Å². The Morgan fingerprint density at radius 1 is 1.50 bits per heavy atom. The number of rotatable bonds is 3. The van der Waals surface area contributed by atoms with Crippen LogP contribution in [0.25, 0.3) is 0 Å². The van der Waals surface area contributed by atoms with Gasteiger partial charge in [-0.15, -0.1) is 0 Å². The van der Waals surface area contributed by atoms with Crippen molar-refractivity contribution >= 4 is 0 Å². The van der Waals surface area contributed by atoms with Crippen LogP contribution in [0.5, 0.6) is 0 Å². The van der Waals surface area contributed by atoms with Gasteiger partial charge in [0, 0.05) is 25.2 Å². The van der Waals surface area contributed by atoms with E-state index in [0.29, 0.717) is 6.04 Å². The van der Waals surface area contributed by atoms with Crippen LogP contribution in [0.4, 0.5) is 0 Å². The van der Waals surface area contributed by atoms with E-state index >= 15 is 0 Å². The number of β-amino-alcohol motifs (C(OH)–C–C–N with tert-alkyl or cyclic N) is 1. The highest BCUT2D eigenvalue weighted by atomic mass is 16.3. The first kappa shape index (κ1) is 8.48. The summed E-state index contributed by atoms with van der Waals surface area (Å²) in [7, 11) is 0. The Balaban J connectivity index is 1.61. The molecule has 1 saturated carbocycles. The molecule has 3 N–H and O–H groups in total. The first-order chi connectivity index (χ1) is 5.75. The van der Waals surface area contributed by atoms with Crippen LogP contribution in [0.2, 0.25) is 0 Å². The standard InChI is InChI=1S/C9H18N2O/c1-6-2-9(6)11-4-7-3-8(12)5-10-7/h6-12H,2-5H2,1H3. The smallest absolute Gasteiger partial charge is 0.0680 e. The van der Waals surface area contributed by atoms with E-state index in [1.54, 1.807) is 0 Å². The summed E-state index contributed by atoms with van der Waals surface area (Å²) in [6.45, 7) is 4.06. The molecule has 0 spiro atoms. The molecule has 12 heavy (non-hydrogen) atoms. The van der Waals surface area contributed by atoms with Crippen LogP contribution >= 0.6 is 0 Å². The van der Waals surface area contributed by atoms with Gasteiger partial charge in [0.1, 0.15) is 0 Å². The second kappa shape index (κ2) is 3.32. The Hall–Kier alpha value is -0.120. The van der Waals surface area contributed by atoms with Gasteiger partial charge in [-0.3, -0.25) is 0 Å². The highest BCUT2D eigenvalue weighted by Crippen LogP contribution is 2.28. The van der Waals surface area contributed by atoms with Crippen molar-refractivity contribution in [3.05, 3.63) is 0 Å². The van der Waals surface area contributed by atoms with Gasteiger partial charge in [0.2, 0.25) is 0 Å². The predicted octanol–water partition coefficient (Wildman–Crippen LogP) is -0.293. The first-order valence-corrected chi connectivity index (χ1v) is 4.90.